The number of benzene rings is 2. The molecule has 0 radical (unpaired) electrons. The van der Waals surface area contributed by atoms with Gasteiger partial charge in [-0.25, -0.2) is 12.8 Å². The van der Waals surface area contributed by atoms with Crippen LogP contribution in [0.4, 0.5) is 4.39 Å². The SMILES string of the molecule is O=C(C[C@@H]1CC[C@@H]2[C@H](COC[C@H](O)CN2S(=O)(=O)c2ccc(F)cc2)O1)N[C@H]1CCN(Cc2ccccc2)C1. The molecule has 2 aromatic carbocycles. The van der Waals surface area contributed by atoms with Crippen LogP contribution in [0.3, 0.4) is 0 Å². The van der Waals surface area contributed by atoms with E-state index in [0.717, 1.165) is 38.2 Å². The Kier molecular flexibility index (Phi) is 8.95. The van der Waals surface area contributed by atoms with Crippen molar-refractivity contribution in [3.05, 3.63) is 66.0 Å². The number of halogens is 1. The number of carbonyl (C=O) groups excluding carboxylic acids is 1. The molecule has 5 rings (SSSR count). The monoisotopic (exact) mass is 561 g/mol. The Morgan fingerprint density at radius 1 is 1.03 bits per heavy atom. The fourth-order valence-corrected chi connectivity index (χ4v) is 7.46. The van der Waals surface area contributed by atoms with Crippen molar-refractivity contribution in [1.82, 2.24) is 14.5 Å². The molecule has 0 spiro atoms. The molecule has 2 N–H and O–H groups in total. The summed E-state index contributed by atoms with van der Waals surface area (Å²) in [5.74, 6) is -0.612. The van der Waals surface area contributed by atoms with E-state index in [2.05, 4.69) is 22.3 Å². The van der Waals surface area contributed by atoms with E-state index in [9.17, 15) is 22.7 Å². The largest absolute Gasteiger partial charge is 0.389 e. The zero-order valence-corrected chi connectivity index (χ0v) is 22.6. The number of aliphatic hydroxyl groups excluding tert-OH is 1. The lowest BCUT2D eigenvalue weighted by Crippen LogP contribution is -2.57. The average molecular weight is 562 g/mol. The summed E-state index contributed by atoms with van der Waals surface area (Å²) in [6, 6.07) is 14.4. The molecule has 212 valence electrons. The molecule has 9 nitrogen and oxygen atoms in total. The topological polar surface area (TPSA) is 108 Å². The summed E-state index contributed by atoms with van der Waals surface area (Å²) < 4.78 is 53.5. The van der Waals surface area contributed by atoms with Gasteiger partial charge in [0.15, 0.2) is 0 Å². The number of aliphatic hydroxyl groups is 1. The first-order valence-corrected chi connectivity index (χ1v) is 15.0. The smallest absolute Gasteiger partial charge is 0.243 e. The molecule has 5 atom stereocenters. The number of hydrogen-bond acceptors (Lipinski definition) is 7. The van der Waals surface area contributed by atoms with Crippen molar-refractivity contribution in [3.8, 4) is 0 Å². The molecule has 0 aromatic heterocycles. The van der Waals surface area contributed by atoms with Crippen LogP contribution in [0, 0.1) is 5.82 Å². The number of nitrogens with one attached hydrogen (secondary N) is 1. The van der Waals surface area contributed by atoms with Gasteiger partial charge in [0.1, 0.15) is 5.82 Å². The van der Waals surface area contributed by atoms with Gasteiger partial charge in [-0.15, -0.1) is 0 Å². The van der Waals surface area contributed by atoms with Gasteiger partial charge >= 0.3 is 0 Å². The molecule has 39 heavy (non-hydrogen) atoms. The van der Waals surface area contributed by atoms with Crippen LogP contribution in [0.15, 0.2) is 59.5 Å². The number of β-amino-alcohol motifs (C(OH)–C–C–N with tert-alkyl or cyclic N) is 1. The third-order valence-electron chi connectivity index (χ3n) is 7.65. The molecule has 0 unspecified atom stereocenters. The van der Waals surface area contributed by atoms with Crippen LogP contribution >= 0.6 is 0 Å². The Morgan fingerprint density at radius 2 is 1.79 bits per heavy atom. The summed E-state index contributed by atoms with van der Waals surface area (Å²) in [6.45, 7) is 2.49. The number of rotatable bonds is 7. The second kappa shape index (κ2) is 12.4. The van der Waals surface area contributed by atoms with E-state index < -0.39 is 34.1 Å². The first-order chi connectivity index (χ1) is 18.8. The molecule has 3 heterocycles. The Labute approximate surface area is 228 Å². The van der Waals surface area contributed by atoms with Gasteiger partial charge < -0.3 is 19.9 Å². The maximum Gasteiger partial charge on any atom is 0.243 e. The summed E-state index contributed by atoms with van der Waals surface area (Å²) in [5.41, 5.74) is 1.25. The highest BCUT2D eigenvalue weighted by molar-refractivity contribution is 7.89. The number of sulfonamides is 1. The van der Waals surface area contributed by atoms with E-state index in [-0.39, 0.29) is 49.1 Å². The quantitative estimate of drug-likeness (QED) is 0.532. The predicted octanol–water partition coefficient (Wildman–Crippen LogP) is 1.90. The molecule has 2 aromatic rings. The summed E-state index contributed by atoms with van der Waals surface area (Å²) in [6.07, 6.45) is 0.0617. The van der Waals surface area contributed by atoms with Gasteiger partial charge in [0.2, 0.25) is 15.9 Å². The van der Waals surface area contributed by atoms with E-state index in [1.165, 1.54) is 22.0 Å². The van der Waals surface area contributed by atoms with Crippen molar-refractivity contribution in [2.75, 3.05) is 32.8 Å². The number of nitrogens with zero attached hydrogens (tertiary/aromatic N) is 2. The van der Waals surface area contributed by atoms with Crippen LogP contribution < -0.4 is 5.32 Å². The summed E-state index contributed by atoms with van der Waals surface area (Å²) in [5, 5.41) is 13.5. The molecule has 0 saturated carbocycles. The average Bonchev–Trinajstić information content (AvgIpc) is 3.33. The number of fused-ring (bicyclic) bond motifs is 1. The Hall–Kier alpha value is -2.41. The summed E-state index contributed by atoms with van der Waals surface area (Å²) >= 11 is 0. The minimum absolute atomic E-state index is 0.0334. The van der Waals surface area contributed by atoms with E-state index in [1.807, 2.05) is 18.2 Å². The predicted molar refractivity (Wildman–Crippen MR) is 142 cm³/mol. The number of hydrogen-bond donors (Lipinski definition) is 2. The van der Waals surface area contributed by atoms with Crippen molar-refractivity contribution in [2.45, 2.75) is 67.5 Å². The van der Waals surface area contributed by atoms with E-state index >= 15 is 0 Å². The first-order valence-electron chi connectivity index (χ1n) is 13.5. The van der Waals surface area contributed by atoms with Crippen molar-refractivity contribution in [2.24, 2.45) is 0 Å². The number of ether oxygens (including phenoxy) is 2. The molecule has 0 aliphatic carbocycles. The van der Waals surface area contributed by atoms with Gasteiger partial charge in [0.25, 0.3) is 0 Å². The van der Waals surface area contributed by atoms with Crippen molar-refractivity contribution < 1.29 is 32.2 Å². The van der Waals surface area contributed by atoms with Crippen molar-refractivity contribution in [3.63, 3.8) is 0 Å². The molecule has 3 saturated heterocycles. The van der Waals surface area contributed by atoms with Crippen LogP contribution in [0.25, 0.3) is 0 Å². The summed E-state index contributed by atoms with van der Waals surface area (Å²) in [7, 11) is -4.02. The van der Waals surface area contributed by atoms with Crippen molar-refractivity contribution >= 4 is 15.9 Å². The van der Waals surface area contributed by atoms with Gasteiger partial charge in [0.05, 0.1) is 48.9 Å². The lowest BCUT2D eigenvalue weighted by molar-refractivity contribution is -0.146. The highest BCUT2D eigenvalue weighted by Gasteiger charge is 2.43. The Morgan fingerprint density at radius 3 is 2.56 bits per heavy atom. The second-order valence-corrected chi connectivity index (χ2v) is 12.5. The lowest BCUT2D eigenvalue weighted by atomic mass is 9.96. The van der Waals surface area contributed by atoms with Gasteiger partial charge in [-0.3, -0.25) is 9.69 Å². The second-order valence-electron chi connectivity index (χ2n) is 10.6. The zero-order chi connectivity index (χ0) is 27.4. The first kappa shape index (κ1) is 28.1. The molecular weight excluding hydrogens is 525 g/mol. The molecule has 3 fully saturated rings. The minimum Gasteiger partial charge on any atom is -0.389 e. The Bertz CT molecular complexity index is 1220. The van der Waals surface area contributed by atoms with Crippen LogP contribution in [0.1, 0.15) is 31.2 Å². The third kappa shape index (κ3) is 7.03. The Balaban J connectivity index is 1.18. The third-order valence-corrected chi connectivity index (χ3v) is 9.56. The zero-order valence-electron chi connectivity index (χ0n) is 21.8. The fraction of sp³-hybridized carbons (Fsp3) is 0.536. The molecule has 1 amide bonds. The van der Waals surface area contributed by atoms with Gasteiger partial charge in [0, 0.05) is 32.2 Å². The molecule has 3 aliphatic heterocycles. The summed E-state index contributed by atoms with van der Waals surface area (Å²) in [4.78, 5) is 15.2. The molecule has 0 bridgehead atoms. The van der Waals surface area contributed by atoms with Gasteiger partial charge in [-0.05, 0) is 49.1 Å². The maximum absolute atomic E-state index is 13.5. The maximum atomic E-state index is 13.5. The highest BCUT2D eigenvalue weighted by atomic mass is 32.2. The van der Waals surface area contributed by atoms with Gasteiger partial charge in [-0.1, -0.05) is 30.3 Å². The number of likely N-dealkylation sites (tertiary alicyclic amines) is 1. The van der Waals surface area contributed by atoms with E-state index in [4.69, 9.17) is 9.47 Å². The van der Waals surface area contributed by atoms with Crippen LogP contribution in [-0.4, -0.2) is 91.9 Å². The van der Waals surface area contributed by atoms with E-state index in [0.29, 0.717) is 12.8 Å². The van der Waals surface area contributed by atoms with Crippen LogP contribution in [0.5, 0.6) is 0 Å². The van der Waals surface area contributed by atoms with E-state index in [1.54, 1.807) is 0 Å². The molecule has 3 aliphatic rings. The van der Waals surface area contributed by atoms with Crippen LogP contribution in [-0.2, 0) is 30.8 Å². The minimum atomic E-state index is -4.02. The normalized spacial score (nSPS) is 28.8. The van der Waals surface area contributed by atoms with Crippen molar-refractivity contribution in [1.29, 1.82) is 0 Å². The molecule has 11 heteroatoms. The fourth-order valence-electron chi connectivity index (χ4n) is 5.74. The number of carbonyl (C=O) groups is 1. The molecular formula is C28H36FN3O6S. The standard InChI is InChI=1S/C28H36FN3O6S/c29-21-6-9-25(10-7-21)39(35,36)32-17-23(33)18-37-19-27-26(32)11-8-24(38-27)14-28(34)30-22-12-13-31(16-22)15-20-4-2-1-3-5-20/h1-7,9-10,22-24,26-27,33H,8,11-19H2,(H,30,34)/t22-,23+,24-,26+,27-/m0/s1. The van der Waals surface area contributed by atoms with Crippen LogP contribution in [0.2, 0.25) is 0 Å². The number of amides is 1. The van der Waals surface area contributed by atoms with Gasteiger partial charge in [-0.2, -0.15) is 4.31 Å². The lowest BCUT2D eigenvalue weighted by Gasteiger charge is -2.43. The highest BCUT2D eigenvalue weighted by Crippen LogP contribution is 2.31.